The van der Waals surface area contributed by atoms with E-state index in [-0.39, 0.29) is 11.5 Å². The van der Waals surface area contributed by atoms with E-state index >= 15 is 0 Å². The second-order valence-corrected chi connectivity index (χ2v) is 7.55. The molecule has 6 heteroatoms. The highest BCUT2D eigenvalue weighted by atomic mass is 35.5. The minimum absolute atomic E-state index is 0.114. The lowest BCUT2D eigenvalue weighted by atomic mass is 9.66. The Morgan fingerprint density at radius 1 is 1.33 bits per heavy atom. The maximum Gasteiger partial charge on any atom is 0.150 e. The summed E-state index contributed by atoms with van der Waals surface area (Å²) in [5, 5.41) is 15.3. The van der Waals surface area contributed by atoms with Gasteiger partial charge in [0.05, 0.1) is 18.2 Å². The number of ketones is 1. The van der Waals surface area contributed by atoms with Crippen LogP contribution in [0.4, 0.5) is 5.82 Å². The maximum absolute atomic E-state index is 13.2. The number of nitrogens with zero attached hydrogens (tertiary/aromatic N) is 3. The fourth-order valence-electron chi connectivity index (χ4n) is 3.71. The molecule has 2 aliphatic rings. The zero-order chi connectivity index (χ0) is 17.1. The van der Waals surface area contributed by atoms with Crippen molar-refractivity contribution in [1.82, 2.24) is 9.78 Å². The Bertz CT molecular complexity index is 869. The SMILES string of the molecule is CC1(C)CCC2=Nc3ccnn3C(c3cc(Cl)ccc3O)C2C1=O. The molecule has 2 heterocycles. The summed E-state index contributed by atoms with van der Waals surface area (Å²) >= 11 is 6.15. The van der Waals surface area contributed by atoms with Gasteiger partial charge >= 0.3 is 0 Å². The Hall–Kier alpha value is -2.14. The molecule has 1 fully saturated rings. The van der Waals surface area contributed by atoms with Gasteiger partial charge in [-0.25, -0.2) is 9.67 Å². The average molecular weight is 344 g/mol. The van der Waals surface area contributed by atoms with Crippen LogP contribution in [0.1, 0.15) is 38.3 Å². The molecule has 24 heavy (non-hydrogen) atoms. The standard InChI is InChI=1S/C18H18ClN3O2/c1-18(2)7-5-12-15(17(18)24)16(22-14(21-12)6-8-20-22)11-9-10(19)3-4-13(11)23/h3-4,6,8-9,15-16,23H,5,7H2,1-2H3. The average Bonchev–Trinajstić information content (AvgIpc) is 3.00. The van der Waals surface area contributed by atoms with Crippen molar-refractivity contribution >= 4 is 28.9 Å². The molecule has 1 aromatic heterocycles. The number of carbonyl (C=O) groups is 1. The molecule has 124 valence electrons. The first-order valence-electron chi connectivity index (χ1n) is 8.02. The van der Waals surface area contributed by atoms with Crippen molar-refractivity contribution in [2.45, 2.75) is 32.7 Å². The van der Waals surface area contributed by atoms with E-state index in [1.165, 1.54) is 0 Å². The molecule has 1 aliphatic heterocycles. The largest absolute Gasteiger partial charge is 0.508 e. The number of aliphatic imine (C=N–C) groups is 1. The van der Waals surface area contributed by atoms with Gasteiger partial charge in [-0.3, -0.25) is 4.79 Å². The number of halogens is 1. The summed E-state index contributed by atoms with van der Waals surface area (Å²) in [6.07, 6.45) is 3.22. The number of rotatable bonds is 1. The molecule has 2 aromatic rings. The molecule has 2 unspecified atom stereocenters. The zero-order valence-electron chi connectivity index (χ0n) is 13.5. The highest BCUT2D eigenvalue weighted by Gasteiger charge is 2.48. The normalized spacial score (nSPS) is 25.0. The summed E-state index contributed by atoms with van der Waals surface area (Å²) in [4.78, 5) is 17.8. The summed E-state index contributed by atoms with van der Waals surface area (Å²) in [5.74, 6) is 0.532. The quantitative estimate of drug-likeness (QED) is 0.853. The third-order valence-corrected chi connectivity index (χ3v) is 5.34. The molecule has 0 radical (unpaired) electrons. The number of fused-ring (bicyclic) bond motifs is 2. The molecule has 1 aliphatic carbocycles. The van der Waals surface area contributed by atoms with Crippen LogP contribution < -0.4 is 0 Å². The van der Waals surface area contributed by atoms with Crippen LogP contribution >= 0.6 is 11.6 Å². The van der Waals surface area contributed by atoms with Crippen LogP contribution in [-0.2, 0) is 4.79 Å². The molecule has 2 atom stereocenters. The van der Waals surface area contributed by atoms with Gasteiger partial charge in [0.15, 0.2) is 5.82 Å². The molecular formula is C18H18ClN3O2. The van der Waals surface area contributed by atoms with E-state index < -0.39 is 17.4 Å². The van der Waals surface area contributed by atoms with E-state index in [9.17, 15) is 9.90 Å². The highest BCUT2D eigenvalue weighted by molar-refractivity contribution is 6.30. The van der Waals surface area contributed by atoms with Gasteiger partial charge in [0.2, 0.25) is 0 Å². The minimum atomic E-state index is -0.425. The van der Waals surface area contributed by atoms with E-state index in [1.54, 1.807) is 29.1 Å². The van der Waals surface area contributed by atoms with Crippen LogP contribution in [0.3, 0.4) is 0 Å². The van der Waals surface area contributed by atoms with Crippen LogP contribution in [0.15, 0.2) is 35.5 Å². The van der Waals surface area contributed by atoms with Gasteiger partial charge in [-0.2, -0.15) is 5.10 Å². The molecular weight excluding hydrogens is 326 g/mol. The molecule has 0 amide bonds. The molecule has 1 N–H and O–H groups in total. The number of Topliss-reactive ketones (excluding diaryl/α,β-unsaturated/α-hetero) is 1. The van der Waals surface area contributed by atoms with Gasteiger partial charge in [0.25, 0.3) is 0 Å². The third-order valence-electron chi connectivity index (χ3n) is 5.11. The van der Waals surface area contributed by atoms with Gasteiger partial charge in [-0.05, 0) is 31.0 Å². The second kappa shape index (κ2) is 5.18. The Balaban J connectivity index is 1.94. The molecule has 5 nitrogen and oxygen atoms in total. The van der Waals surface area contributed by atoms with Crippen LogP contribution in [0.5, 0.6) is 5.75 Å². The lowest BCUT2D eigenvalue weighted by Crippen LogP contribution is -2.46. The predicted octanol–water partition coefficient (Wildman–Crippen LogP) is 3.92. The monoisotopic (exact) mass is 343 g/mol. The van der Waals surface area contributed by atoms with Crippen LogP contribution in [0.25, 0.3) is 0 Å². The summed E-state index contributed by atoms with van der Waals surface area (Å²) in [5.41, 5.74) is 1.06. The van der Waals surface area contributed by atoms with Crippen LogP contribution in [-0.4, -0.2) is 26.4 Å². The maximum atomic E-state index is 13.2. The number of hydrogen-bond donors (Lipinski definition) is 1. The van der Waals surface area contributed by atoms with Gasteiger partial charge in [-0.1, -0.05) is 25.4 Å². The lowest BCUT2D eigenvalue weighted by Gasteiger charge is -2.41. The van der Waals surface area contributed by atoms with Gasteiger partial charge in [0, 0.05) is 27.8 Å². The van der Waals surface area contributed by atoms with Crippen molar-refractivity contribution in [3.63, 3.8) is 0 Å². The summed E-state index contributed by atoms with van der Waals surface area (Å²) in [7, 11) is 0. The molecule has 0 saturated heterocycles. The number of phenolic OH excluding ortho intramolecular Hbond substituents is 1. The number of carbonyl (C=O) groups excluding carboxylic acids is 1. The number of phenols is 1. The van der Waals surface area contributed by atoms with E-state index in [2.05, 4.69) is 10.1 Å². The first kappa shape index (κ1) is 15.4. The van der Waals surface area contributed by atoms with Crippen molar-refractivity contribution in [1.29, 1.82) is 0 Å². The van der Waals surface area contributed by atoms with Crippen molar-refractivity contribution in [2.75, 3.05) is 0 Å². The smallest absolute Gasteiger partial charge is 0.150 e. The van der Waals surface area contributed by atoms with E-state index in [1.807, 2.05) is 19.9 Å². The molecule has 1 aromatic carbocycles. The van der Waals surface area contributed by atoms with Crippen molar-refractivity contribution in [2.24, 2.45) is 16.3 Å². The predicted molar refractivity (Wildman–Crippen MR) is 92.1 cm³/mol. The first-order chi connectivity index (χ1) is 11.4. The summed E-state index contributed by atoms with van der Waals surface area (Å²) in [6, 6.07) is 6.31. The third kappa shape index (κ3) is 2.18. The van der Waals surface area contributed by atoms with E-state index in [4.69, 9.17) is 11.6 Å². The van der Waals surface area contributed by atoms with Gasteiger partial charge in [-0.15, -0.1) is 0 Å². The number of aromatic nitrogens is 2. The molecule has 0 spiro atoms. The second-order valence-electron chi connectivity index (χ2n) is 7.11. The fourth-order valence-corrected chi connectivity index (χ4v) is 3.90. The minimum Gasteiger partial charge on any atom is -0.508 e. The Morgan fingerprint density at radius 2 is 2.12 bits per heavy atom. The van der Waals surface area contributed by atoms with Crippen molar-refractivity contribution in [3.05, 3.63) is 41.0 Å². The molecule has 4 rings (SSSR count). The zero-order valence-corrected chi connectivity index (χ0v) is 14.3. The van der Waals surface area contributed by atoms with E-state index in [0.29, 0.717) is 16.4 Å². The number of aromatic hydroxyl groups is 1. The first-order valence-corrected chi connectivity index (χ1v) is 8.40. The summed E-state index contributed by atoms with van der Waals surface area (Å²) < 4.78 is 1.72. The van der Waals surface area contributed by atoms with Crippen LogP contribution in [0.2, 0.25) is 5.02 Å². The van der Waals surface area contributed by atoms with Gasteiger partial charge < -0.3 is 5.11 Å². The Kier molecular flexibility index (Phi) is 3.32. The Morgan fingerprint density at radius 3 is 2.92 bits per heavy atom. The topological polar surface area (TPSA) is 67.5 Å². The fraction of sp³-hybridized carbons (Fsp3) is 0.389. The lowest BCUT2D eigenvalue weighted by molar-refractivity contribution is -0.131. The highest BCUT2D eigenvalue weighted by Crippen LogP contribution is 2.47. The molecule has 0 bridgehead atoms. The Labute approximate surface area is 145 Å². The number of hydrogen-bond acceptors (Lipinski definition) is 4. The number of benzene rings is 1. The van der Waals surface area contributed by atoms with Crippen molar-refractivity contribution in [3.8, 4) is 5.75 Å². The van der Waals surface area contributed by atoms with E-state index in [0.717, 1.165) is 18.6 Å². The van der Waals surface area contributed by atoms with Crippen molar-refractivity contribution < 1.29 is 9.90 Å². The summed E-state index contributed by atoms with van der Waals surface area (Å²) in [6.45, 7) is 3.94. The van der Waals surface area contributed by atoms with Crippen LogP contribution in [0, 0.1) is 11.3 Å². The molecule has 1 saturated carbocycles. The van der Waals surface area contributed by atoms with Gasteiger partial charge in [0.1, 0.15) is 11.5 Å².